The van der Waals surface area contributed by atoms with Crippen molar-refractivity contribution in [1.82, 2.24) is 9.55 Å². The minimum atomic E-state index is -0.131. The normalized spacial score (nSPS) is 10.9. The summed E-state index contributed by atoms with van der Waals surface area (Å²) in [6.07, 6.45) is 0. The molecule has 0 N–H and O–H groups in total. The molecule has 0 radical (unpaired) electrons. The van der Waals surface area contributed by atoms with Crippen molar-refractivity contribution in [2.45, 2.75) is 5.88 Å². The number of para-hydroxylation sites is 1. The van der Waals surface area contributed by atoms with Crippen molar-refractivity contribution in [1.29, 1.82) is 0 Å². The number of rotatable bonds is 2. The fourth-order valence-corrected chi connectivity index (χ4v) is 2.43. The van der Waals surface area contributed by atoms with E-state index >= 15 is 0 Å². The number of halogens is 2. The molecular weight excluding hydrogens is 295 g/mol. The molecule has 0 aliphatic heterocycles. The number of nitrogens with zero attached hydrogens (tertiary/aromatic N) is 2. The van der Waals surface area contributed by atoms with Gasteiger partial charge < -0.3 is 0 Å². The highest BCUT2D eigenvalue weighted by atomic mass is 35.5. The molecule has 3 nitrogen and oxygen atoms in total. The molecule has 5 heteroatoms. The monoisotopic (exact) mass is 304 g/mol. The van der Waals surface area contributed by atoms with Crippen molar-refractivity contribution in [2.24, 2.45) is 0 Å². The van der Waals surface area contributed by atoms with Gasteiger partial charge >= 0.3 is 0 Å². The molecule has 0 saturated heterocycles. The van der Waals surface area contributed by atoms with Crippen molar-refractivity contribution in [3.8, 4) is 5.69 Å². The number of alkyl halides is 1. The molecule has 0 unspecified atom stereocenters. The molecule has 0 fully saturated rings. The molecule has 0 spiro atoms. The summed E-state index contributed by atoms with van der Waals surface area (Å²) in [5.41, 5.74) is 1.22. The highest BCUT2D eigenvalue weighted by molar-refractivity contribution is 6.30. The third kappa shape index (κ3) is 2.19. The van der Waals surface area contributed by atoms with Gasteiger partial charge in [0.15, 0.2) is 0 Å². The van der Waals surface area contributed by atoms with Crippen LogP contribution in [0.5, 0.6) is 0 Å². The maximum atomic E-state index is 12.6. The Morgan fingerprint density at radius 2 is 1.75 bits per heavy atom. The lowest BCUT2D eigenvalue weighted by atomic mass is 10.2. The minimum Gasteiger partial charge on any atom is -0.268 e. The van der Waals surface area contributed by atoms with Crippen LogP contribution in [0.25, 0.3) is 16.6 Å². The fraction of sp³-hybridized carbons (Fsp3) is 0.0667. The smallest absolute Gasteiger partial charge is 0.266 e. The Morgan fingerprint density at radius 1 is 1.05 bits per heavy atom. The van der Waals surface area contributed by atoms with Crippen LogP contribution in [0.15, 0.2) is 53.3 Å². The maximum Gasteiger partial charge on any atom is 0.266 e. The molecule has 0 aliphatic rings. The first kappa shape index (κ1) is 13.2. The molecule has 20 heavy (non-hydrogen) atoms. The lowest BCUT2D eigenvalue weighted by molar-refractivity contribution is 0.881. The summed E-state index contributed by atoms with van der Waals surface area (Å²) in [6.45, 7) is 0. The zero-order valence-electron chi connectivity index (χ0n) is 10.4. The number of hydrogen-bond donors (Lipinski definition) is 0. The second-order valence-corrected chi connectivity index (χ2v) is 5.00. The number of benzene rings is 2. The van der Waals surface area contributed by atoms with E-state index in [-0.39, 0.29) is 11.4 Å². The Morgan fingerprint density at radius 3 is 2.45 bits per heavy atom. The molecule has 0 bridgehead atoms. The summed E-state index contributed by atoms with van der Waals surface area (Å²) in [7, 11) is 0. The van der Waals surface area contributed by atoms with Gasteiger partial charge in [-0.25, -0.2) is 4.98 Å². The van der Waals surface area contributed by atoms with Gasteiger partial charge in [0.1, 0.15) is 5.82 Å². The summed E-state index contributed by atoms with van der Waals surface area (Å²) in [4.78, 5) is 17.1. The Balaban J connectivity index is 2.36. The third-order valence-corrected chi connectivity index (χ3v) is 3.54. The molecule has 0 atom stereocenters. The molecule has 0 saturated carbocycles. The Kier molecular flexibility index (Phi) is 3.47. The third-order valence-electron chi connectivity index (χ3n) is 3.05. The topological polar surface area (TPSA) is 34.9 Å². The zero-order valence-corrected chi connectivity index (χ0v) is 11.9. The van der Waals surface area contributed by atoms with E-state index in [1.54, 1.807) is 36.4 Å². The maximum absolute atomic E-state index is 12.6. The van der Waals surface area contributed by atoms with Gasteiger partial charge in [0.25, 0.3) is 5.56 Å². The molecule has 2 aromatic carbocycles. The van der Waals surface area contributed by atoms with Crippen LogP contribution in [-0.2, 0) is 5.88 Å². The predicted octanol–water partition coefficient (Wildman–Crippen LogP) is 3.78. The van der Waals surface area contributed by atoms with Gasteiger partial charge in [0.2, 0.25) is 0 Å². The average molecular weight is 305 g/mol. The van der Waals surface area contributed by atoms with E-state index in [9.17, 15) is 4.79 Å². The number of hydrogen-bond acceptors (Lipinski definition) is 2. The van der Waals surface area contributed by atoms with Gasteiger partial charge in [-0.3, -0.25) is 9.36 Å². The second-order valence-electron chi connectivity index (χ2n) is 4.30. The van der Waals surface area contributed by atoms with Gasteiger partial charge in [0, 0.05) is 5.02 Å². The first-order valence-electron chi connectivity index (χ1n) is 6.03. The van der Waals surface area contributed by atoms with Crippen LogP contribution in [0, 0.1) is 0 Å². The van der Waals surface area contributed by atoms with Crippen LogP contribution in [0.1, 0.15) is 5.82 Å². The molecule has 100 valence electrons. The highest BCUT2D eigenvalue weighted by Crippen LogP contribution is 2.16. The summed E-state index contributed by atoms with van der Waals surface area (Å²) >= 11 is 11.8. The summed E-state index contributed by atoms with van der Waals surface area (Å²) in [5.74, 6) is 0.667. The highest BCUT2D eigenvalue weighted by Gasteiger charge is 2.11. The lowest BCUT2D eigenvalue weighted by Crippen LogP contribution is -2.23. The molecule has 3 rings (SSSR count). The molecule has 1 aromatic heterocycles. The molecule has 1 heterocycles. The Hall–Kier alpha value is -1.84. The van der Waals surface area contributed by atoms with Gasteiger partial charge in [-0.05, 0) is 36.4 Å². The largest absolute Gasteiger partial charge is 0.268 e. The standard InChI is InChI=1S/C15H10Cl2N2O/c16-9-14-18-13-4-2-1-3-12(13)15(20)19(14)11-7-5-10(17)6-8-11/h1-8H,9H2. The van der Waals surface area contributed by atoms with Crippen molar-refractivity contribution < 1.29 is 0 Å². The van der Waals surface area contributed by atoms with Crippen molar-refractivity contribution in [3.05, 3.63) is 69.7 Å². The van der Waals surface area contributed by atoms with Gasteiger partial charge in [-0.2, -0.15) is 0 Å². The summed E-state index contributed by atoms with van der Waals surface area (Å²) in [5, 5.41) is 1.18. The van der Waals surface area contributed by atoms with Crippen molar-refractivity contribution in [3.63, 3.8) is 0 Å². The van der Waals surface area contributed by atoms with E-state index in [0.717, 1.165) is 0 Å². The van der Waals surface area contributed by atoms with Crippen LogP contribution in [0.3, 0.4) is 0 Å². The Bertz CT molecular complexity index is 825. The van der Waals surface area contributed by atoms with Crippen LogP contribution in [0.4, 0.5) is 0 Å². The number of fused-ring (bicyclic) bond motifs is 1. The quantitative estimate of drug-likeness (QED) is 0.675. The number of aromatic nitrogens is 2. The summed E-state index contributed by atoms with van der Waals surface area (Å²) in [6, 6.07) is 14.2. The first-order valence-corrected chi connectivity index (χ1v) is 6.94. The predicted molar refractivity (Wildman–Crippen MR) is 81.9 cm³/mol. The zero-order chi connectivity index (χ0) is 14.1. The summed E-state index contributed by atoms with van der Waals surface area (Å²) < 4.78 is 1.52. The van der Waals surface area contributed by atoms with Crippen LogP contribution < -0.4 is 5.56 Å². The van der Waals surface area contributed by atoms with Crippen LogP contribution >= 0.6 is 23.2 Å². The van der Waals surface area contributed by atoms with E-state index in [1.807, 2.05) is 12.1 Å². The lowest BCUT2D eigenvalue weighted by Gasteiger charge is -2.11. The van der Waals surface area contributed by atoms with E-state index in [0.29, 0.717) is 27.4 Å². The second kappa shape index (κ2) is 5.27. The van der Waals surface area contributed by atoms with E-state index in [1.165, 1.54) is 4.57 Å². The van der Waals surface area contributed by atoms with E-state index < -0.39 is 0 Å². The van der Waals surface area contributed by atoms with Crippen LogP contribution in [-0.4, -0.2) is 9.55 Å². The van der Waals surface area contributed by atoms with Gasteiger partial charge in [0.05, 0.1) is 22.5 Å². The minimum absolute atomic E-state index is 0.131. The van der Waals surface area contributed by atoms with Crippen molar-refractivity contribution >= 4 is 34.1 Å². The molecular formula is C15H10Cl2N2O. The van der Waals surface area contributed by atoms with Crippen LogP contribution in [0.2, 0.25) is 5.02 Å². The fourth-order valence-electron chi connectivity index (χ4n) is 2.12. The Labute approximate surface area is 125 Å². The SMILES string of the molecule is O=c1c2ccccc2nc(CCl)n1-c1ccc(Cl)cc1. The molecule has 0 amide bonds. The van der Waals surface area contributed by atoms with Crippen molar-refractivity contribution in [2.75, 3.05) is 0 Å². The molecule has 0 aliphatic carbocycles. The van der Waals surface area contributed by atoms with Gasteiger partial charge in [-0.1, -0.05) is 23.7 Å². The average Bonchev–Trinajstić information content (AvgIpc) is 2.48. The van der Waals surface area contributed by atoms with E-state index in [4.69, 9.17) is 23.2 Å². The van der Waals surface area contributed by atoms with E-state index in [2.05, 4.69) is 4.98 Å². The molecule has 3 aromatic rings. The van der Waals surface area contributed by atoms with Gasteiger partial charge in [-0.15, -0.1) is 11.6 Å². The first-order chi connectivity index (χ1) is 9.70.